The van der Waals surface area contributed by atoms with Crippen LogP contribution in [0.3, 0.4) is 0 Å². The Labute approximate surface area is 69.8 Å². The molecule has 10 heavy (non-hydrogen) atoms. The van der Waals surface area contributed by atoms with Gasteiger partial charge in [-0.1, -0.05) is 18.2 Å². The number of amides is 1. The number of benzene rings is 1. The molecule has 1 aromatic carbocycles. The summed E-state index contributed by atoms with van der Waals surface area (Å²) >= 11 is 0. The summed E-state index contributed by atoms with van der Waals surface area (Å²) in [6.07, 6.45) is 0. The maximum Gasteiger partial charge on any atom is 0.248 e. The van der Waals surface area contributed by atoms with E-state index in [0.29, 0.717) is 5.56 Å². The SMILES string of the molecule is Br.NC(=O)c1ccccc1. The Morgan fingerprint density at radius 3 is 2.00 bits per heavy atom. The zero-order valence-corrected chi connectivity index (χ0v) is 6.99. The van der Waals surface area contributed by atoms with E-state index in [1.807, 2.05) is 6.07 Å². The van der Waals surface area contributed by atoms with Gasteiger partial charge in [-0.2, -0.15) is 0 Å². The molecule has 1 aromatic rings. The molecule has 0 saturated carbocycles. The van der Waals surface area contributed by atoms with Crippen molar-refractivity contribution in [3.8, 4) is 0 Å². The van der Waals surface area contributed by atoms with Gasteiger partial charge < -0.3 is 5.73 Å². The highest BCUT2D eigenvalue weighted by Gasteiger charge is 1.93. The van der Waals surface area contributed by atoms with Gasteiger partial charge in [0.05, 0.1) is 0 Å². The predicted molar refractivity (Wildman–Crippen MR) is 45.3 cm³/mol. The van der Waals surface area contributed by atoms with Gasteiger partial charge in [0.2, 0.25) is 5.91 Å². The van der Waals surface area contributed by atoms with Crippen LogP contribution < -0.4 is 5.73 Å². The zero-order valence-electron chi connectivity index (χ0n) is 5.28. The van der Waals surface area contributed by atoms with E-state index in [9.17, 15) is 4.79 Å². The molecule has 0 aliphatic heterocycles. The lowest BCUT2D eigenvalue weighted by Gasteiger charge is -1.89. The minimum Gasteiger partial charge on any atom is -0.366 e. The third-order valence-electron chi connectivity index (χ3n) is 1.06. The number of nitrogens with two attached hydrogens (primary N) is 1. The highest BCUT2D eigenvalue weighted by molar-refractivity contribution is 8.93. The molecule has 0 aliphatic rings. The van der Waals surface area contributed by atoms with E-state index < -0.39 is 0 Å². The maximum absolute atomic E-state index is 10.4. The van der Waals surface area contributed by atoms with E-state index >= 15 is 0 Å². The van der Waals surface area contributed by atoms with Gasteiger partial charge in [0.25, 0.3) is 0 Å². The summed E-state index contributed by atoms with van der Waals surface area (Å²) in [5.41, 5.74) is 5.53. The highest BCUT2D eigenvalue weighted by atomic mass is 79.9. The minimum absolute atomic E-state index is 0. The first-order chi connectivity index (χ1) is 4.30. The van der Waals surface area contributed by atoms with Crippen molar-refractivity contribution in [3.63, 3.8) is 0 Å². The average molecular weight is 202 g/mol. The molecule has 0 bridgehead atoms. The van der Waals surface area contributed by atoms with Gasteiger partial charge in [0.15, 0.2) is 0 Å². The monoisotopic (exact) mass is 201 g/mol. The Kier molecular flexibility index (Phi) is 3.72. The molecular formula is C7H8BrNO. The van der Waals surface area contributed by atoms with Crippen LogP contribution in [0.1, 0.15) is 10.4 Å². The minimum atomic E-state index is -0.379. The Hall–Kier alpha value is -0.830. The quantitative estimate of drug-likeness (QED) is 0.734. The van der Waals surface area contributed by atoms with Crippen molar-refractivity contribution in [1.82, 2.24) is 0 Å². The van der Waals surface area contributed by atoms with E-state index in [-0.39, 0.29) is 22.9 Å². The summed E-state index contributed by atoms with van der Waals surface area (Å²) in [5.74, 6) is -0.379. The lowest BCUT2D eigenvalue weighted by atomic mass is 10.2. The topological polar surface area (TPSA) is 43.1 Å². The fourth-order valence-electron chi connectivity index (χ4n) is 0.602. The van der Waals surface area contributed by atoms with Crippen LogP contribution in [-0.2, 0) is 0 Å². The van der Waals surface area contributed by atoms with E-state index in [1.165, 1.54) is 0 Å². The molecule has 0 aliphatic carbocycles. The van der Waals surface area contributed by atoms with Crippen molar-refractivity contribution in [2.24, 2.45) is 5.73 Å². The lowest BCUT2D eigenvalue weighted by molar-refractivity contribution is 0.100. The molecule has 54 valence electrons. The van der Waals surface area contributed by atoms with Gasteiger partial charge in [-0.15, -0.1) is 17.0 Å². The fourth-order valence-corrected chi connectivity index (χ4v) is 0.602. The standard InChI is InChI=1S/C7H7NO.BrH/c8-7(9)6-4-2-1-3-5-6;/h1-5H,(H2,8,9);1H. The van der Waals surface area contributed by atoms with Gasteiger partial charge in [-0.05, 0) is 12.1 Å². The smallest absolute Gasteiger partial charge is 0.248 e. The van der Waals surface area contributed by atoms with Crippen LogP contribution >= 0.6 is 17.0 Å². The van der Waals surface area contributed by atoms with Crippen LogP contribution in [0.4, 0.5) is 0 Å². The maximum atomic E-state index is 10.4. The molecular weight excluding hydrogens is 194 g/mol. The number of carbonyl (C=O) groups is 1. The van der Waals surface area contributed by atoms with Crippen LogP contribution in [0, 0.1) is 0 Å². The van der Waals surface area contributed by atoms with Crippen molar-refractivity contribution in [2.45, 2.75) is 0 Å². The number of hydrogen-bond donors (Lipinski definition) is 1. The summed E-state index contributed by atoms with van der Waals surface area (Å²) in [4.78, 5) is 10.4. The average Bonchev–Trinajstić information content (AvgIpc) is 1.90. The molecule has 0 fully saturated rings. The summed E-state index contributed by atoms with van der Waals surface area (Å²) in [7, 11) is 0. The number of carbonyl (C=O) groups excluding carboxylic acids is 1. The van der Waals surface area contributed by atoms with E-state index in [1.54, 1.807) is 24.3 Å². The molecule has 2 nitrogen and oxygen atoms in total. The summed E-state index contributed by atoms with van der Waals surface area (Å²) in [6, 6.07) is 8.76. The summed E-state index contributed by atoms with van der Waals surface area (Å²) < 4.78 is 0. The van der Waals surface area contributed by atoms with Crippen LogP contribution in [0.15, 0.2) is 30.3 Å². The van der Waals surface area contributed by atoms with Crippen LogP contribution in [-0.4, -0.2) is 5.91 Å². The van der Waals surface area contributed by atoms with Gasteiger partial charge in [-0.25, -0.2) is 0 Å². The predicted octanol–water partition coefficient (Wildman–Crippen LogP) is 1.36. The molecule has 0 atom stereocenters. The summed E-state index contributed by atoms with van der Waals surface area (Å²) in [5, 5.41) is 0. The molecule has 1 amide bonds. The number of primary amides is 1. The second kappa shape index (κ2) is 4.06. The van der Waals surface area contributed by atoms with Gasteiger partial charge >= 0.3 is 0 Å². The Morgan fingerprint density at radius 2 is 1.70 bits per heavy atom. The summed E-state index contributed by atoms with van der Waals surface area (Å²) in [6.45, 7) is 0. The van der Waals surface area contributed by atoms with Crippen molar-refractivity contribution in [3.05, 3.63) is 35.9 Å². The number of hydrogen-bond acceptors (Lipinski definition) is 1. The van der Waals surface area contributed by atoms with Gasteiger partial charge in [0.1, 0.15) is 0 Å². The third-order valence-corrected chi connectivity index (χ3v) is 1.06. The third kappa shape index (κ3) is 2.19. The van der Waals surface area contributed by atoms with Crippen LogP contribution in [0.25, 0.3) is 0 Å². The molecule has 1 rings (SSSR count). The molecule has 0 radical (unpaired) electrons. The van der Waals surface area contributed by atoms with Crippen molar-refractivity contribution >= 4 is 22.9 Å². The van der Waals surface area contributed by atoms with E-state index in [2.05, 4.69) is 0 Å². The van der Waals surface area contributed by atoms with Gasteiger partial charge in [0, 0.05) is 5.56 Å². The second-order valence-electron chi connectivity index (χ2n) is 1.73. The van der Waals surface area contributed by atoms with Crippen LogP contribution in [0.2, 0.25) is 0 Å². The molecule has 0 aromatic heterocycles. The Morgan fingerprint density at radius 1 is 1.20 bits per heavy atom. The lowest BCUT2D eigenvalue weighted by Crippen LogP contribution is -2.09. The molecule has 0 saturated heterocycles. The first-order valence-electron chi connectivity index (χ1n) is 2.65. The fraction of sp³-hybridized carbons (Fsp3) is 0. The Bertz CT molecular complexity index is 210. The second-order valence-corrected chi connectivity index (χ2v) is 1.73. The van der Waals surface area contributed by atoms with Crippen LogP contribution in [0.5, 0.6) is 0 Å². The molecule has 2 N–H and O–H groups in total. The molecule has 0 heterocycles. The zero-order chi connectivity index (χ0) is 6.69. The van der Waals surface area contributed by atoms with E-state index in [4.69, 9.17) is 5.73 Å². The molecule has 3 heteroatoms. The molecule has 0 unspecified atom stereocenters. The van der Waals surface area contributed by atoms with E-state index in [0.717, 1.165) is 0 Å². The normalized spacial score (nSPS) is 8.00. The Balaban J connectivity index is 0.000000810. The highest BCUT2D eigenvalue weighted by Crippen LogP contribution is 1.94. The largest absolute Gasteiger partial charge is 0.366 e. The first kappa shape index (κ1) is 9.17. The first-order valence-corrected chi connectivity index (χ1v) is 2.65. The number of halogens is 1. The van der Waals surface area contributed by atoms with Crippen molar-refractivity contribution in [1.29, 1.82) is 0 Å². The van der Waals surface area contributed by atoms with Crippen molar-refractivity contribution in [2.75, 3.05) is 0 Å². The van der Waals surface area contributed by atoms with Gasteiger partial charge in [-0.3, -0.25) is 4.79 Å². The van der Waals surface area contributed by atoms with Crippen molar-refractivity contribution < 1.29 is 4.79 Å². The molecule has 0 spiro atoms. The number of rotatable bonds is 1.